The van der Waals surface area contributed by atoms with Gasteiger partial charge in [-0.3, -0.25) is 0 Å². The molecule has 0 aliphatic heterocycles. The van der Waals surface area contributed by atoms with Gasteiger partial charge >= 0.3 is 0 Å². The molecular formula is C24H37FO2. The maximum absolute atomic E-state index is 12.8. The molecule has 0 amide bonds. The van der Waals surface area contributed by atoms with Crippen LogP contribution in [0.25, 0.3) is 0 Å². The van der Waals surface area contributed by atoms with Gasteiger partial charge in [-0.1, -0.05) is 50.4 Å². The fourth-order valence-corrected chi connectivity index (χ4v) is 2.76. The van der Waals surface area contributed by atoms with E-state index >= 15 is 0 Å². The molecule has 3 heteroatoms. The van der Waals surface area contributed by atoms with Crippen molar-refractivity contribution in [2.24, 2.45) is 0 Å². The molecule has 2 nitrogen and oxygen atoms in total. The molecule has 1 rings (SSSR count). The first-order valence-electron chi connectivity index (χ1n) is 10.6. The van der Waals surface area contributed by atoms with E-state index in [2.05, 4.69) is 25.7 Å². The maximum Gasteiger partial charge on any atom is 0.123 e. The molecule has 0 aromatic heterocycles. The molecule has 1 aromatic carbocycles. The van der Waals surface area contributed by atoms with Crippen LogP contribution in [0, 0.1) is 17.7 Å². The molecule has 1 aromatic rings. The summed E-state index contributed by atoms with van der Waals surface area (Å²) < 4.78 is 23.9. The van der Waals surface area contributed by atoms with Gasteiger partial charge < -0.3 is 9.47 Å². The number of rotatable bonds is 15. The highest BCUT2D eigenvalue weighted by Crippen LogP contribution is 2.10. The van der Waals surface area contributed by atoms with E-state index in [0.717, 1.165) is 44.6 Å². The summed E-state index contributed by atoms with van der Waals surface area (Å²) in [6.45, 7) is 6.62. The molecule has 0 saturated carbocycles. The molecule has 0 radical (unpaired) electrons. The van der Waals surface area contributed by atoms with Crippen molar-refractivity contribution in [3.05, 3.63) is 35.6 Å². The quantitative estimate of drug-likeness (QED) is 0.256. The monoisotopic (exact) mass is 376 g/mol. The Morgan fingerprint density at radius 2 is 1.37 bits per heavy atom. The van der Waals surface area contributed by atoms with Crippen molar-refractivity contribution in [2.75, 3.05) is 19.8 Å². The lowest BCUT2D eigenvalue weighted by molar-refractivity contribution is 0.0507. The highest BCUT2D eigenvalue weighted by Gasteiger charge is 1.95. The normalized spacial score (nSPS) is 10.8. The molecular weight excluding hydrogens is 339 g/mol. The summed E-state index contributed by atoms with van der Waals surface area (Å²) in [6, 6.07) is 6.38. The summed E-state index contributed by atoms with van der Waals surface area (Å²) in [5.74, 6) is 6.06. The molecule has 0 aliphatic rings. The Hall–Kier alpha value is -1.37. The fourth-order valence-electron chi connectivity index (χ4n) is 2.76. The lowest BCUT2D eigenvalue weighted by atomic mass is 10.1. The molecule has 0 fully saturated rings. The van der Waals surface area contributed by atoms with Gasteiger partial charge in [-0.05, 0) is 57.4 Å². The van der Waals surface area contributed by atoms with E-state index < -0.39 is 0 Å². The minimum absolute atomic E-state index is 0.208. The van der Waals surface area contributed by atoms with Crippen LogP contribution in [0.5, 0.6) is 0 Å². The van der Waals surface area contributed by atoms with Gasteiger partial charge in [0, 0.05) is 31.8 Å². The minimum atomic E-state index is -0.208. The van der Waals surface area contributed by atoms with Crippen LogP contribution >= 0.6 is 0 Å². The third kappa shape index (κ3) is 15.4. The lowest BCUT2D eigenvalue weighted by Crippen LogP contribution is -2.07. The molecule has 0 aliphatic carbocycles. The Bertz CT molecular complexity index is 513. The van der Waals surface area contributed by atoms with Crippen molar-refractivity contribution in [1.82, 2.24) is 0 Å². The van der Waals surface area contributed by atoms with Crippen molar-refractivity contribution in [1.29, 1.82) is 0 Å². The van der Waals surface area contributed by atoms with E-state index in [1.807, 2.05) is 0 Å². The zero-order valence-corrected chi connectivity index (χ0v) is 17.3. The minimum Gasteiger partial charge on any atom is -0.381 e. The van der Waals surface area contributed by atoms with E-state index in [0.29, 0.717) is 6.10 Å². The van der Waals surface area contributed by atoms with Crippen LogP contribution in [0.4, 0.5) is 4.39 Å². The van der Waals surface area contributed by atoms with Gasteiger partial charge in [0.2, 0.25) is 0 Å². The Labute approximate surface area is 165 Å². The second-order valence-electron chi connectivity index (χ2n) is 7.27. The van der Waals surface area contributed by atoms with Crippen LogP contribution in [0.3, 0.4) is 0 Å². The first-order valence-corrected chi connectivity index (χ1v) is 10.6. The summed E-state index contributed by atoms with van der Waals surface area (Å²) >= 11 is 0. The van der Waals surface area contributed by atoms with Gasteiger partial charge in [-0.25, -0.2) is 4.39 Å². The number of benzene rings is 1. The standard InChI is InChI=1S/C24H37FO2/c1-22(2)27-21-13-20-26-19-12-10-8-6-4-3-5-7-9-11-14-23-15-17-24(25)18-16-23/h15-18,22H,3-10,12-13,19-21H2,1-2H3. The van der Waals surface area contributed by atoms with Crippen molar-refractivity contribution >= 4 is 0 Å². The summed E-state index contributed by atoms with van der Waals surface area (Å²) in [7, 11) is 0. The zero-order chi connectivity index (χ0) is 19.6. The van der Waals surface area contributed by atoms with Crippen LogP contribution in [0.2, 0.25) is 0 Å². The smallest absolute Gasteiger partial charge is 0.123 e. The predicted molar refractivity (Wildman–Crippen MR) is 111 cm³/mol. The number of unbranched alkanes of at least 4 members (excludes halogenated alkanes) is 8. The van der Waals surface area contributed by atoms with Gasteiger partial charge in [-0.2, -0.15) is 0 Å². The first-order chi connectivity index (χ1) is 13.2. The van der Waals surface area contributed by atoms with Crippen LogP contribution in [0.15, 0.2) is 24.3 Å². The Morgan fingerprint density at radius 3 is 2.04 bits per heavy atom. The Morgan fingerprint density at radius 1 is 0.778 bits per heavy atom. The second kappa shape index (κ2) is 16.8. The third-order valence-corrected chi connectivity index (χ3v) is 4.30. The fraction of sp³-hybridized carbons (Fsp3) is 0.667. The number of hydrogen-bond donors (Lipinski definition) is 0. The maximum atomic E-state index is 12.8. The van der Waals surface area contributed by atoms with Gasteiger partial charge in [0.25, 0.3) is 0 Å². The molecule has 0 N–H and O–H groups in total. The molecule has 0 bridgehead atoms. The molecule has 0 saturated heterocycles. The average Bonchev–Trinajstić information content (AvgIpc) is 2.65. The first kappa shape index (κ1) is 23.7. The molecule has 152 valence electrons. The topological polar surface area (TPSA) is 18.5 Å². The van der Waals surface area contributed by atoms with E-state index in [1.165, 1.54) is 57.1 Å². The van der Waals surface area contributed by atoms with Crippen LogP contribution in [-0.2, 0) is 9.47 Å². The SMILES string of the molecule is CC(C)OCCCOCCCCCCCCCCC#Cc1ccc(F)cc1. The van der Waals surface area contributed by atoms with Crippen molar-refractivity contribution in [3.63, 3.8) is 0 Å². The largest absolute Gasteiger partial charge is 0.381 e. The van der Waals surface area contributed by atoms with Crippen LogP contribution < -0.4 is 0 Å². The van der Waals surface area contributed by atoms with Gasteiger partial charge in [0.05, 0.1) is 6.10 Å². The zero-order valence-electron chi connectivity index (χ0n) is 17.3. The number of ether oxygens (including phenoxy) is 2. The van der Waals surface area contributed by atoms with Gasteiger partial charge in [0.1, 0.15) is 5.82 Å². The van der Waals surface area contributed by atoms with E-state index in [4.69, 9.17) is 9.47 Å². The van der Waals surface area contributed by atoms with Crippen LogP contribution in [-0.4, -0.2) is 25.9 Å². The molecule has 0 spiro atoms. The van der Waals surface area contributed by atoms with Crippen molar-refractivity contribution < 1.29 is 13.9 Å². The predicted octanol–water partition coefficient (Wildman–Crippen LogP) is 6.52. The highest BCUT2D eigenvalue weighted by atomic mass is 19.1. The summed E-state index contributed by atoms with van der Waals surface area (Å²) in [6.07, 6.45) is 12.3. The second-order valence-corrected chi connectivity index (χ2v) is 7.27. The molecule has 0 atom stereocenters. The van der Waals surface area contributed by atoms with Gasteiger partial charge in [0.15, 0.2) is 0 Å². The van der Waals surface area contributed by atoms with Gasteiger partial charge in [-0.15, -0.1) is 0 Å². The molecule has 0 heterocycles. The Balaban J connectivity index is 1.79. The summed E-state index contributed by atoms with van der Waals surface area (Å²) in [5.41, 5.74) is 0.893. The number of hydrogen-bond acceptors (Lipinski definition) is 2. The number of halogens is 1. The van der Waals surface area contributed by atoms with E-state index in [9.17, 15) is 4.39 Å². The summed E-state index contributed by atoms with van der Waals surface area (Å²) in [4.78, 5) is 0. The van der Waals surface area contributed by atoms with Crippen molar-refractivity contribution in [2.45, 2.75) is 84.2 Å². The molecule has 27 heavy (non-hydrogen) atoms. The highest BCUT2D eigenvalue weighted by molar-refractivity contribution is 5.33. The van der Waals surface area contributed by atoms with E-state index in [1.54, 1.807) is 12.1 Å². The average molecular weight is 377 g/mol. The van der Waals surface area contributed by atoms with E-state index in [-0.39, 0.29) is 5.82 Å². The third-order valence-electron chi connectivity index (χ3n) is 4.30. The lowest BCUT2D eigenvalue weighted by Gasteiger charge is -2.07. The molecule has 0 unspecified atom stereocenters. The summed E-state index contributed by atoms with van der Waals surface area (Å²) in [5, 5.41) is 0. The Kier molecular flexibility index (Phi) is 14.7. The van der Waals surface area contributed by atoms with Crippen molar-refractivity contribution in [3.8, 4) is 11.8 Å². The van der Waals surface area contributed by atoms with Crippen LogP contribution in [0.1, 0.15) is 83.6 Å².